The quantitative estimate of drug-likeness (QED) is 0.871. The third-order valence-corrected chi connectivity index (χ3v) is 3.04. The lowest BCUT2D eigenvalue weighted by Gasteiger charge is -2.25. The number of nitrogens with zero attached hydrogens (tertiary/aromatic N) is 4. The van der Waals surface area contributed by atoms with Gasteiger partial charge in [0.15, 0.2) is 0 Å². The molecule has 0 aliphatic carbocycles. The highest BCUT2D eigenvalue weighted by molar-refractivity contribution is 5.49. The molecule has 2 rings (SSSR count). The molecule has 0 aromatic heterocycles. The van der Waals surface area contributed by atoms with Gasteiger partial charge in [0.25, 0.3) is 0 Å². The number of aliphatic hydroxyl groups is 2. The molecule has 19 heavy (non-hydrogen) atoms. The van der Waals surface area contributed by atoms with Gasteiger partial charge in [0.2, 0.25) is 6.35 Å². The van der Waals surface area contributed by atoms with Crippen LogP contribution >= 0.6 is 0 Å². The maximum absolute atomic E-state index is 10.1. The van der Waals surface area contributed by atoms with E-state index in [0.717, 1.165) is 11.3 Å². The summed E-state index contributed by atoms with van der Waals surface area (Å²) in [5.74, 6) is 0. The molecule has 0 saturated heterocycles. The molecule has 1 unspecified atom stereocenters. The smallest absolute Gasteiger partial charge is 0.245 e. The van der Waals surface area contributed by atoms with E-state index in [1.165, 1.54) is 10.0 Å². The van der Waals surface area contributed by atoms with Crippen molar-refractivity contribution in [2.75, 3.05) is 18.2 Å². The van der Waals surface area contributed by atoms with Crippen molar-refractivity contribution < 1.29 is 10.2 Å². The summed E-state index contributed by atoms with van der Waals surface area (Å²) in [6.07, 6.45) is -0.970. The van der Waals surface area contributed by atoms with Crippen molar-refractivity contribution in [1.29, 1.82) is 0 Å². The zero-order valence-electron chi connectivity index (χ0n) is 11.5. The van der Waals surface area contributed by atoms with Crippen molar-refractivity contribution in [2.45, 2.75) is 32.5 Å². The monoisotopic (exact) mass is 264 g/mol. The minimum atomic E-state index is -0.970. The van der Waals surface area contributed by atoms with E-state index in [4.69, 9.17) is 5.11 Å². The molecule has 1 heterocycles. The van der Waals surface area contributed by atoms with Crippen LogP contribution in [0.5, 0.6) is 0 Å². The Morgan fingerprint density at radius 1 is 1.26 bits per heavy atom. The Labute approximate surface area is 112 Å². The average Bonchev–Trinajstić information content (AvgIpc) is 2.71. The van der Waals surface area contributed by atoms with Crippen molar-refractivity contribution in [2.24, 2.45) is 10.4 Å². The highest BCUT2D eigenvalue weighted by atomic mass is 16.3. The van der Waals surface area contributed by atoms with Crippen LogP contribution in [-0.4, -0.2) is 34.7 Å². The van der Waals surface area contributed by atoms with Gasteiger partial charge in [0.05, 0.1) is 18.8 Å². The van der Waals surface area contributed by atoms with E-state index in [9.17, 15) is 5.11 Å². The Hall–Kier alpha value is -1.66. The second kappa shape index (κ2) is 5.14. The second-order valence-corrected chi connectivity index (χ2v) is 5.56. The molecule has 6 nitrogen and oxygen atoms in total. The standard InChI is InChI=1S/C13H20N4O2/c1-13(2,3)10-5-4-6-11(9-10)17-12(19)16(7-8-18)14-15-17/h4-6,9,12,18-19H,7-8H2,1-3H3. The third kappa shape index (κ3) is 2.85. The largest absolute Gasteiger partial charge is 0.394 e. The van der Waals surface area contributed by atoms with Crippen LogP contribution in [0, 0.1) is 0 Å². The molecule has 104 valence electrons. The molecule has 1 aromatic rings. The van der Waals surface area contributed by atoms with Gasteiger partial charge in [0.1, 0.15) is 0 Å². The normalized spacial score (nSPS) is 19.3. The SMILES string of the molecule is CC(C)(C)c1cccc(N2N=NN(CCO)C2O)c1. The van der Waals surface area contributed by atoms with Crippen LogP contribution in [0.4, 0.5) is 5.69 Å². The van der Waals surface area contributed by atoms with Crippen LogP contribution in [0.2, 0.25) is 0 Å². The van der Waals surface area contributed by atoms with Crippen LogP contribution in [0.15, 0.2) is 34.7 Å². The average molecular weight is 264 g/mol. The fourth-order valence-corrected chi connectivity index (χ4v) is 1.88. The highest BCUT2D eigenvalue weighted by Crippen LogP contribution is 2.29. The molecule has 0 bridgehead atoms. The molecule has 0 radical (unpaired) electrons. The highest BCUT2D eigenvalue weighted by Gasteiger charge is 2.28. The summed E-state index contributed by atoms with van der Waals surface area (Å²) in [4.78, 5) is 0. The fourth-order valence-electron chi connectivity index (χ4n) is 1.88. The van der Waals surface area contributed by atoms with Crippen LogP contribution in [0.1, 0.15) is 26.3 Å². The van der Waals surface area contributed by atoms with E-state index in [2.05, 4.69) is 37.3 Å². The van der Waals surface area contributed by atoms with Gasteiger partial charge < -0.3 is 10.2 Å². The summed E-state index contributed by atoms with van der Waals surface area (Å²) in [6, 6.07) is 7.85. The van der Waals surface area contributed by atoms with Gasteiger partial charge in [-0.2, -0.15) is 5.01 Å². The maximum Gasteiger partial charge on any atom is 0.245 e. The van der Waals surface area contributed by atoms with Gasteiger partial charge in [-0.1, -0.05) is 32.9 Å². The number of rotatable bonds is 3. The van der Waals surface area contributed by atoms with Crippen molar-refractivity contribution in [3.05, 3.63) is 29.8 Å². The van der Waals surface area contributed by atoms with Gasteiger partial charge in [-0.15, -0.1) is 0 Å². The van der Waals surface area contributed by atoms with Gasteiger partial charge in [0, 0.05) is 0 Å². The summed E-state index contributed by atoms with van der Waals surface area (Å²) in [6.45, 7) is 6.57. The first kappa shape index (κ1) is 13.8. The lowest BCUT2D eigenvalue weighted by Crippen LogP contribution is -2.39. The Morgan fingerprint density at radius 3 is 2.63 bits per heavy atom. The molecule has 0 spiro atoms. The molecule has 6 heteroatoms. The van der Waals surface area contributed by atoms with E-state index in [-0.39, 0.29) is 18.6 Å². The first-order valence-corrected chi connectivity index (χ1v) is 6.30. The summed E-state index contributed by atoms with van der Waals surface area (Å²) < 4.78 is 0. The molecular weight excluding hydrogens is 244 g/mol. The molecule has 0 saturated carbocycles. The third-order valence-electron chi connectivity index (χ3n) is 3.04. The van der Waals surface area contributed by atoms with Gasteiger partial charge >= 0.3 is 0 Å². The Kier molecular flexibility index (Phi) is 3.73. The predicted octanol–water partition coefficient (Wildman–Crippen LogP) is 1.66. The van der Waals surface area contributed by atoms with E-state index in [0.29, 0.717) is 0 Å². The zero-order chi connectivity index (χ0) is 14.0. The molecule has 0 amide bonds. The van der Waals surface area contributed by atoms with Crippen LogP contribution in [0.25, 0.3) is 0 Å². The molecule has 2 N–H and O–H groups in total. The molecular formula is C13H20N4O2. The van der Waals surface area contributed by atoms with Crippen molar-refractivity contribution in [3.63, 3.8) is 0 Å². The Morgan fingerprint density at radius 2 is 2.00 bits per heavy atom. The van der Waals surface area contributed by atoms with E-state index in [1.54, 1.807) is 0 Å². The molecule has 0 fully saturated rings. The van der Waals surface area contributed by atoms with Crippen molar-refractivity contribution in [1.82, 2.24) is 5.01 Å². The Balaban J connectivity index is 2.22. The van der Waals surface area contributed by atoms with E-state index < -0.39 is 6.35 Å². The summed E-state index contributed by atoms with van der Waals surface area (Å²) in [5.41, 5.74) is 1.97. The summed E-state index contributed by atoms with van der Waals surface area (Å²) in [5, 5.41) is 29.5. The minimum absolute atomic E-state index is 0.0304. The van der Waals surface area contributed by atoms with Crippen LogP contribution < -0.4 is 5.01 Å². The van der Waals surface area contributed by atoms with Gasteiger partial charge in [-0.05, 0) is 33.6 Å². The van der Waals surface area contributed by atoms with Crippen LogP contribution in [-0.2, 0) is 5.41 Å². The molecule has 1 aliphatic heterocycles. The molecule has 1 atom stereocenters. The van der Waals surface area contributed by atoms with Gasteiger partial charge in [-0.25, -0.2) is 5.01 Å². The topological polar surface area (TPSA) is 71.7 Å². The number of benzene rings is 1. The van der Waals surface area contributed by atoms with Crippen molar-refractivity contribution in [3.8, 4) is 0 Å². The second-order valence-electron chi connectivity index (χ2n) is 5.56. The first-order valence-electron chi connectivity index (χ1n) is 6.30. The van der Waals surface area contributed by atoms with E-state index in [1.807, 2.05) is 18.2 Å². The van der Waals surface area contributed by atoms with E-state index >= 15 is 0 Å². The lowest BCUT2D eigenvalue weighted by molar-refractivity contribution is 0.0162. The number of hydrogen-bond acceptors (Lipinski definition) is 6. The van der Waals surface area contributed by atoms with Crippen LogP contribution in [0.3, 0.4) is 0 Å². The summed E-state index contributed by atoms with van der Waals surface area (Å²) in [7, 11) is 0. The van der Waals surface area contributed by atoms with Crippen molar-refractivity contribution >= 4 is 5.69 Å². The summed E-state index contributed by atoms with van der Waals surface area (Å²) >= 11 is 0. The fraction of sp³-hybridized carbons (Fsp3) is 0.538. The Bertz CT molecular complexity index is 470. The number of hydrogen-bond donors (Lipinski definition) is 2. The lowest BCUT2D eigenvalue weighted by atomic mass is 9.87. The number of anilines is 1. The molecule has 1 aromatic carbocycles. The zero-order valence-corrected chi connectivity index (χ0v) is 11.5. The minimum Gasteiger partial charge on any atom is -0.394 e. The maximum atomic E-state index is 10.1. The predicted molar refractivity (Wildman–Crippen MR) is 72.3 cm³/mol. The van der Waals surface area contributed by atoms with Gasteiger partial charge in [-0.3, -0.25) is 0 Å². The first-order chi connectivity index (χ1) is 8.93. The number of aliphatic hydroxyl groups excluding tert-OH is 2. The molecule has 1 aliphatic rings. The number of β-amino-alcohol motifs (C(OH)–C–C–N with tert-alkyl or cyclic N) is 1.